The fourth-order valence-corrected chi connectivity index (χ4v) is 1.61. The Morgan fingerprint density at radius 2 is 1.58 bits per heavy atom. The van der Waals surface area contributed by atoms with Gasteiger partial charge in [0.2, 0.25) is 11.8 Å². The van der Waals surface area contributed by atoms with E-state index in [9.17, 15) is 9.59 Å². The van der Waals surface area contributed by atoms with Crippen molar-refractivity contribution in [1.82, 2.24) is 0 Å². The fraction of sp³-hybridized carbons (Fsp3) is 0.467. The smallest absolute Gasteiger partial charge is 0.224 e. The molecule has 2 amide bonds. The molecule has 4 nitrogen and oxygen atoms in total. The number of carbonyl (C=O) groups excluding carboxylic acids is 2. The second-order valence-corrected chi connectivity index (χ2v) is 5.77. The Labute approximate surface area is 114 Å². The molecule has 104 valence electrons. The fourth-order valence-electron chi connectivity index (χ4n) is 1.61. The van der Waals surface area contributed by atoms with Crippen molar-refractivity contribution in [3.63, 3.8) is 0 Å². The van der Waals surface area contributed by atoms with Gasteiger partial charge >= 0.3 is 0 Å². The zero-order chi connectivity index (χ0) is 14.5. The molecule has 0 saturated carbocycles. The van der Waals surface area contributed by atoms with E-state index in [1.807, 2.05) is 26.8 Å². The van der Waals surface area contributed by atoms with Crippen LogP contribution in [0.25, 0.3) is 0 Å². The van der Waals surface area contributed by atoms with Gasteiger partial charge < -0.3 is 10.6 Å². The lowest BCUT2D eigenvalue weighted by Gasteiger charge is -2.17. The maximum Gasteiger partial charge on any atom is 0.224 e. The number of carbonyl (C=O) groups is 2. The molecule has 0 aliphatic rings. The molecular weight excluding hydrogens is 240 g/mol. The van der Waals surface area contributed by atoms with Crippen molar-refractivity contribution >= 4 is 23.2 Å². The van der Waals surface area contributed by atoms with Crippen LogP contribution in [0.3, 0.4) is 0 Å². The van der Waals surface area contributed by atoms with Crippen LogP contribution in [0.5, 0.6) is 0 Å². The lowest BCUT2D eigenvalue weighted by atomic mass is 9.92. The Kier molecular flexibility index (Phi) is 5.10. The third-order valence-electron chi connectivity index (χ3n) is 2.44. The second-order valence-electron chi connectivity index (χ2n) is 5.77. The monoisotopic (exact) mass is 262 g/mol. The molecule has 0 bridgehead atoms. The van der Waals surface area contributed by atoms with E-state index in [0.29, 0.717) is 24.2 Å². The highest BCUT2D eigenvalue weighted by Crippen LogP contribution is 2.20. The summed E-state index contributed by atoms with van der Waals surface area (Å²) in [6.07, 6.45) is 0.888. The Balaban J connectivity index is 2.67. The Morgan fingerprint density at radius 3 is 2.05 bits per heavy atom. The third-order valence-corrected chi connectivity index (χ3v) is 2.44. The largest absolute Gasteiger partial charge is 0.326 e. The van der Waals surface area contributed by atoms with E-state index in [1.54, 1.807) is 25.1 Å². The molecule has 1 aromatic carbocycles. The molecule has 0 radical (unpaired) electrons. The van der Waals surface area contributed by atoms with Gasteiger partial charge in [0.25, 0.3) is 0 Å². The first kappa shape index (κ1) is 15.2. The van der Waals surface area contributed by atoms with Gasteiger partial charge in [-0.05, 0) is 23.6 Å². The van der Waals surface area contributed by atoms with Crippen molar-refractivity contribution in [3.05, 3.63) is 24.3 Å². The molecule has 0 atom stereocenters. The van der Waals surface area contributed by atoms with Gasteiger partial charge in [-0.25, -0.2) is 0 Å². The minimum Gasteiger partial charge on any atom is -0.326 e. The average Bonchev–Trinajstić information content (AvgIpc) is 2.26. The lowest BCUT2D eigenvalue weighted by Crippen LogP contribution is -2.19. The van der Waals surface area contributed by atoms with Gasteiger partial charge in [-0.2, -0.15) is 0 Å². The average molecular weight is 262 g/mol. The molecule has 0 unspecified atom stereocenters. The number of hydrogen-bond acceptors (Lipinski definition) is 2. The summed E-state index contributed by atoms with van der Waals surface area (Å²) >= 11 is 0. The Bertz CT molecular complexity index is 461. The molecule has 4 heteroatoms. The minimum atomic E-state index is -0.0435. The van der Waals surface area contributed by atoms with Gasteiger partial charge in [-0.15, -0.1) is 0 Å². The van der Waals surface area contributed by atoms with Crippen LogP contribution >= 0.6 is 0 Å². The van der Waals surface area contributed by atoms with Gasteiger partial charge in [-0.3, -0.25) is 9.59 Å². The summed E-state index contributed by atoms with van der Waals surface area (Å²) in [6, 6.07) is 7.17. The van der Waals surface area contributed by atoms with Crippen molar-refractivity contribution in [2.75, 3.05) is 10.6 Å². The molecule has 0 aromatic heterocycles. The van der Waals surface area contributed by atoms with Crippen LogP contribution in [0.15, 0.2) is 24.3 Å². The first-order chi connectivity index (χ1) is 8.80. The maximum absolute atomic E-state index is 11.8. The molecule has 0 aliphatic heterocycles. The first-order valence-electron chi connectivity index (χ1n) is 6.50. The zero-order valence-electron chi connectivity index (χ0n) is 12.0. The number of anilines is 2. The second kappa shape index (κ2) is 6.36. The van der Waals surface area contributed by atoms with Crippen molar-refractivity contribution in [1.29, 1.82) is 0 Å². The van der Waals surface area contributed by atoms with Gasteiger partial charge in [0.05, 0.1) is 0 Å². The van der Waals surface area contributed by atoms with Crippen molar-refractivity contribution in [2.24, 2.45) is 5.41 Å². The van der Waals surface area contributed by atoms with Crippen molar-refractivity contribution in [2.45, 2.75) is 40.5 Å². The van der Waals surface area contributed by atoms with Crippen LogP contribution in [0.4, 0.5) is 11.4 Å². The molecule has 1 aromatic rings. The highest BCUT2D eigenvalue weighted by Gasteiger charge is 2.15. The number of hydrogen-bond donors (Lipinski definition) is 2. The van der Waals surface area contributed by atoms with Gasteiger partial charge in [0.1, 0.15) is 0 Å². The molecular formula is C15H22N2O2. The molecule has 0 fully saturated rings. The van der Waals surface area contributed by atoms with E-state index in [1.165, 1.54) is 0 Å². The quantitative estimate of drug-likeness (QED) is 0.873. The van der Waals surface area contributed by atoms with E-state index in [-0.39, 0.29) is 17.2 Å². The van der Waals surface area contributed by atoms with E-state index < -0.39 is 0 Å². The minimum absolute atomic E-state index is 0.0218. The van der Waals surface area contributed by atoms with Crippen molar-refractivity contribution < 1.29 is 9.59 Å². The van der Waals surface area contributed by atoms with Crippen molar-refractivity contribution in [3.8, 4) is 0 Å². The Hall–Kier alpha value is -1.84. The predicted octanol–water partition coefficient (Wildman–Crippen LogP) is 3.41. The van der Waals surface area contributed by atoms with E-state index in [4.69, 9.17) is 0 Å². The highest BCUT2D eigenvalue weighted by molar-refractivity contribution is 5.94. The standard InChI is InChI=1S/C15H22N2O2/c1-5-13(18)16-11-7-6-8-12(9-11)17-14(19)10-15(2,3)4/h6-9H,5,10H2,1-4H3,(H,16,18)(H,17,19). The number of benzene rings is 1. The normalized spacial score (nSPS) is 10.9. The van der Waals surface area contributed by atoms with Gasteiger partial charge in [0.15, 0.2) is 0 Å². The highest BCUT2D eigenvalue weighted by atomic mass is 16.2. The summed E-state index contributed by atoms with van der Waals surface area (Å²) in [7, 11) is 0. The summed E-state index contributed by atoms with van der Waals surface area (Å²) < 4.78 is 0. The summed E-state index contributed by atoms with van der Waals surface area (Å²) in [5.41, 5.74) is 1.35. The van der Waals surface area contributed by atoms with Crippen LogP contribution in [0, 0.1) is 5.41 Å². The van der Waals surface area contributed by atoms with Gasteiger partial charge in [-0.1, -0.05) is 33.8 Å². The molecule has 0 saturated heterocycles. The molecule has 2 N–H and O–H groups in total. The lowest BCUT2D eigenvalue weighted by molar-refractivity contribution is -0.118. The maximum atomic E-state index is 11.8. The molecule has 0 spiro atoms. The van der Waals surface area contributed by atoms with Crippen LogP contribution < -0.4 is 10.6 Å². The first-order valence-corrected chi connectivity index (χ1v) is 6.50. The summed E-state index contributed by atoms with van der Waals surface area (Å²) in [5, 5.41) is 5.60. The van der Waals surface area contributed by atoms with Crippen LogP contribution in [-0.2, 0) is 9.59 Å². The van der Waals surface area contributed by atoms with Gasteiger partial charge in [0, 0.05) is 24.2 Å². The number of amides is 2. The molecule has 0 heterocycles. The van der Waals surface area contributed by atoms with Crippen LogP contribution in [0.2, 0.25) is 0 Å². The summed E-state index contributed by atoms with van der Waals surface area (Å²) in [6.45, 7) is 7.85. The molecule has 1 rings (SSSR count). The molecule has 19 heavy (non-hydrogen) atoms. The number of rotatable bonds is 4. The summed E-state index contributed by atoms with van der Waals surface area (Å²) in [5.74, 6) is -0.0652. The topological polar surface area (TPSA) is 58.2 Å². The van der Waals surface area contributed by atoms with E-state index in [2.05, 4.69) is 10.6 Å². The Morgan fingerprint density at radius 1 is 1.05 bits per heavy atom. The predicted molar refractivity (Wildman–Crippen MR) is 78.1 cm³/mol. The van der Waals surface area contributed by atoms with Crippen LogP contribution in [-0.4, -0.2) is 11.8 Å². The molecule has 0 aliphatic carbocycles. The van der Waals surface area contributed by atoms with E-state index in [0.717, 1.165) is 0 Å². The zero-order valence-corrected chi connectivity index (χ0v) is 12.0. The van der Waals surface area contributed by atoms with E-state index >= 15 is 0 Å². The third kappa shape index (κ3) is 6.04. The van der Waals surface area contributed by atoms with Crippen LogP contribution in [0.1, 0.15) is 40.5 Å². The SMILES string of the molecule is CCC(=O)Nc1cccc(NC(=O)CC(C)(C)C)c1. The number of nitrogens with one attached hydrogen (secondary N) is 2. The summed E-state index contributed by atoms with van der Waals surface area (Å²) in [4.78, 5) is 23.1.